The topological polar surface area (TPSA) is 42.7 Å². The molecule has 1 aromatic heterocycles. The highest BCUT2D eigenvalue weighted by Crippen LogP contribution is 2.35. The van der Waals surface area contributed by atoms with Crippen molar-refractivity contribution >= 4 is 0 Å². The third kappa shape index (κ3) is 4.06. The van der Waals surface area contributed by atoms with Crippen molar-refractivity contribution in [2.45, 2.75) is 71.9 Å². The van der Waals surface area contributed by atoms with E-state index >= 15 is 0 Å². The molecule has 1 N–H and O–H groups in total. The first-order chi connectivity index (χ1) is 10.0. The molecule has 0 saturated heterocycles. The molecule has 1 aliphatic carbocycles. The number of nitrogens with zero attached hydrogens (tertiary/aromatic N) is 3. The molecule has 0 amide bonds. The lowest BCUT2D eigenvalue weighted by molar-refractivity contribution is 0.189. The van der Waals surface area contributed by atoms with Gasteiger partial charge in [0.1, 0.15) is 12.2 Å². The molecule has 1 aromatic rings. The monoisotopic (exact) mass is 292 g/mol. The van der Waals surface area contributed by atoms with E-state index in [1.807, 2.05) is 0 Å². The van der Waals surface area contributed by atoms with E-state index in [1.54, 1.807) is 6.33 Å². The highest BCUT2D eigenvalue weighted by molar-refractivity contribution is 4.94. The molecule has 0 spiro atoms. The van der Waals surface area contributed by atoms with Crippen molar-refractivity contribution in [2.24, 2.45) is 17.8 Å². The van der Waals surface area contributed by atoms with Crippen molar-refractivity contribution in [2.75, 3.05) is 7.05 Å². The van der Waals surface area contributed by atoms with E-state index in [9.17, 15) is 0 Å². The Kier molecular flexibility index (Phi) is 5.80. The molecule has 0 bridgehead atoms. The van der Waals surface area contributed by atoms with Crippen molar-refractivity contribution in [3.8, 4) is 0 Å². The minimum absolute atomic E-state index is 0.386. The van der Waals surface area contributed by atoms with Gasteiger partial charge in [-0.3, -0.25) is 0 Å². The molecule has 120 valence electrons. The second kappa shape index (κ2) is 7.39. The maximum Gasteiger partial charge on any atom is 0.138 e. The molecule has 0 aliphatic heterocycles. The van der Waals surface area contributed by atoms with Crippen LogP contribution in [0.5, 0.6) is 0 Å². The minimum atomic E-state index is 0.386. The fourth-order valence-electron chi connectivity index (χ4n) is 3.77. The van der Waals surface area contributed by atoms with Crippen molar-refractivity contribution in [1.29, 1.82) is 0 Å². The molecule has 21 heavy (non-hydrogen) atoms. The maximum absolute atomic E-state index is 4.48. The van der Waals surface area contributed by atoms with E-state index in [2.05, 4.69) is 54.8 Å². The molecule has 1 atom stereocenters. The SMILES string of the molecule is CNC(Cc1ncnn1C(C)C)C1CCC(C(C)C)CC1. The second-order valence-electron chi connectivity index (χ2n) is 7.23. The lowest BCUT2D eigenvalue weighted by Gasteiger charge is -2.35. The molecular weight excluding hydrogens is 260 g/mol. The highest BCUT2D eigenvalue weighted by Gasteiger charge is 2.29. The van der Waals surface area contributed by atoms with Gasteiger partial charge in [-0.25, -0.2) is 9.67 Å². The van der Waals surface area contributed by atoms with Crippen LogP contribution in [0.3, 0.4) is 0 Å². The molecule has 2 rings (SSSR count). The zero-order valence-corrected chi connectivity index (χ0v) is 14.3. The fraction of sp³-hybridized carbons (Fsp3) is 0.882. The van der Waals surface area contributed by atoms with E-state index in [4.69, 9.17) is 0 Å². The average Bonchev–Trinajstić information content (AvgIpc) is 2.93. The Bertz CT molecular complexity index is 416. The van der Waals surface area contributed by atoms with Crippen LogP contribution in [0, 0.1) is 17.8 Å². The number of hydrogen-bond donors (Lipinski definition) is 1. The number of nitrogens with one attached hydrogen (secondary N) is 1. The average molecular weight is 292 g/mol. The van der Waals surface area contributed by atoms with Gasteiger partial charge in [-0.2, -0.15) is 5.10 Å². The molecule has 1 saturated carbocycles. The zero-order chi connectivity index (χ0) is 15.4. The Morgan fingerprint density at radius 1 is 1.14 bits per heavy atom. The summed E-state index contributed by atoms with van der Waals surface area (Å²) in [5, 5.41) is 7.90. The van der Waals surface area contributed by atoms with Crippen LogP contribution in [0.25, 0.3) is 0 Å². The number of rotatable bonds is 6. The van der Waals surface area contributed by atoms with Gasteiger partial charge in [0, 0.05) is 18.5 Å². The summed E-state index contributed by atoms with van der Waals surface area (Å²) in [5.41, 5.74) is 0. The molecule has 1 fully saturated rings. The standard InChI is InChI=1S/C17H32N4/c1-12(2)14-6-8-15(9-7-14)16(18-5)10-17-19-11-20-21(17)13(3)4/h11-16,18H,6-10H2,1-5H3. The Morgan fingerprint density at radius 2 is 1.76 bits per heavy atom. The van der Waals surface area contributed by atoms with Gasteiger partial charge in [-0.15, -0.1) is 0 Å². The van der Waals surface area contributed by atoms with Gasteiger partial charge in [-0.05, 0) is 64.3 Å². The third-order valence-electron chi connectivity index (χ3n) is 5.24. The Balaban J connectivity index is 1.96. The largest absolute Gasteiger partial charge is 0.316 e. The van der Waals surface area contributed by atoms with Gasteiger partial charge in [-0.1, -0.05) is 13.8 Å². The molecule has 1 unspecified atom stereocenters. The van der Waals surface area contributed by atoms with Gasteiger partial charge in [0.05, 0.1) is 0 Å². The van der Waals surface area contributed by atoms with Crippen molar-refractivity contribution < 1.29 is 0 Å². The Hall–Kier alpha value is -0.900. The van der Waals surface area contributed by atoms with Gasteiger partial charge < -0.3 is 5.32 Å². The Labute approximate surface area is 129 Å². The van der Waals surface area contributed by atoms with Crippen LogP contribution in [0.15, 0.2) is 6.33 Å². The minimum Gasteiger partial charge on any atom is -0.316 e. The first-order valence-corrected chi connectivity index (χ1v) is 8.58. The molecule has 4 nitrogen and oxygen atoms in total. The third-order valence-corrected chi connectivity index (χ3v) is 5.24. The van der Waals surface area contributed by atoms with Gasteiger partial charge in [0.2, 0.25) is 0 Å². The van der Waals surface area contributed by atoms with E-state index in [-0.39, 0.29) is 0 Å². The Morgan fingerprint density at radius 3 is 2.29 bits per heavy atom. The van der Waals surface area contributed by atoms with Crippen LogP contribution in [-0.2, 0) is 6.42 Å². The molecule has 0 aromatic carbocycles. The quantitative estimate of drug-likeness (QED) is 0.873. The van der Waals surface area contributed by atoms with Gasteiger partial charge >= 0.3 is 0 Å². The van der Waals surface area contributed by atoms with E-state index in [1.165, 1.54) is 25.7 Å². The van der Waals surface area contributed by atoms with Crippen molar-refractivity contribution in [3.05, 3.63) is 12.2 Å². The smallest absolute Gasteiger partial charge is 0.138 e. The number of hydrogen-bond acceptors (Lipinski definition) is 3. The van der Waals surface area contributed by atoms with E-state index in [0.29, 0.717) is 12.1 Å². The van der Waals surface area contributed by atoms with Crippen LogP contribution in [-0.4, -0.2) is 27.9 Å². The van der Waals surface area contributed by atoms with Gasteiger partial charge in [0.25, 0.3) is 0 Å². The van der Waals surface area contributed by atoms with Crippen LogP contribution < -0.4 is 5.32 Å². The van der Waals surface area contributed by atoms with E-state index < -0.39 is 0 Å². The fourth-order valence-corrected chi connectivity index (χ4v) is 3.77. The number of aromatic nitrogens is 3. The summed E-state index contributed by atoms with van der Waals surface area (Å²) in [5.74, 6) is 3.67. The molecule has 4 heteroatoms. The van der Waals surface area contributed by atoms with Crippen LogP contribution in [0.1, 0.15) is 65.2 Å². The number of likely N-dealkylation sites (N-methyl/N-ethyl adjacent to an activating group) is 1. The van der Waals surface area contributed by atoms with Crippen LogP contribution >= 0.6 is 0 Å². The van der Waals surface area contributed by atoms with Gasteiger partial charge in [0.15, 0.2) is 0 Å². The summed E-state index contributed by atoms with van der Waals surface area (Å²) in [7, 11) is 2.09. The first kappa shape index (κ1) is 16.5. The molecule has 1 heterocycles. The summed E-state index contributed by atoms with van der Waals surface area (Å²) >= 11 is 0. The predicted octanol–water partition coefficient (Wildman–Crippen LogP) is 3.45. The van der Waals surface area contributed by atoms with Crippen molar-refractivity contribution in [1.82, 2.24) is 20.1 Å². The lowest BCUT2D eigenvalue weighted by atomic mass is 9.74. The second-order valence-corrected chi connectivity index (χ2v) is 7.23. The summed E-state index contributed by atoms with van der Waals surface area (Å²) in [6, 6.07) is 0.913. The zero-order valence-electron chi connectivity index (χ0n) is 14.3. The summed E-state index contributed by atoms with van der Waals surface area (Å²) in [6.45, 7) is 9.07. The van der Waals surface area contributed by atoms with Crippen molar-refractivity contribution in [3.63, 3.8) is 0 Å². The van der Waals surface area contributed by atoms with Crippen LogP contribution in [0.2, 0.25) is 0 Å². The first-order valence-electron chi connectivity index (χ1n) is 8.58. The molecule has 0 radical (unpaired) electrons. The normalized spacial score (nSPS) is 24.7. The summed E-state index contributed by atoms with van der Waals surface area (Å²) < 4.78 is 2.06. The molecule has 1 aliphatic rings. The lowest BCUT2D eigenvalue weighted by Crippen LogP contribution is -2.39. The van der Waals surface area contributed by atoms with Crippen LogP contribution in [0.4, 0.5) is 0 Å². The van der Waals surface area contributed by atoms with E-state index in [0.717, 1.165) is 30.0 Å². The summed E-state index contributed by atoms with van der Waals surface area (Å²) in [4.78, 5) is 4.48. The summed E-state index contributed by atoms with van der Waals surface area (Å²) in [6.07, 6.45) is 8.16. The molecular formula is C17H32N4. The predicted molar refractivity (Wildman–Crippen MR) is 87.2 cm³/mol. The maximum atomic E-state index is 4.48. The highest BCUT2D eigenvalue weighted by atomic mass is 15.3.